The number of rotatable bonds is 5. The number of hydrogen-bond donors (Lipinski definition) is 2. The summed E-state index contributed by atoms with van der Waals surface area (Å²) < 4.78 is 5.63. The van der Waals surface area contributed by atoms with Crippen LogP contribution in [0, 0.1) is 5.41 Å². The van der Waals surface area contributed by atoms with Crippen LogP contribution in [0.25, 0.3) is 0 Å². The minimum absolute atomic E-state index is 0.00174. The third-order valence-corrected chi connectivity index (χ3v) is 3.49. The first-order valence-electron chi connectivity index (χ1n) is 6.33. The van der Waals surface area contributed by atoms with Crippen molar-refractivity contribution in [3.8, 4) is 5.75 Å². The van der Waals surface area contributed by atoms with Gasteiger partial charge in [-0.2, -0.15) is 0 Å². The Morgan fingerprint density at radius 3 is 2.45 bits per heavy atom. The van der Waals surface area contributed by atoms with Gasteiger partial charge in [0.25, 0.3) is 0 Å². The van der Waals surface area contributed by atoms with Gasteiger partial charge in [0.05, 0.1) is 11.1 Å². The first-order chi connectivity index (χ1) is 9.17. The average Bonchev–Trinajstić information content (AvgIpc) is 2.33. The Labute approximate surface area is 129 Å². The van der Waals surface area contributed by atoms with Crippen LogP contribution in [0.15, 0.2) is 12.1 Å². The number of carbonyl (C=O) groups excluding carboxylic acids is 1. The van der Waals surface area contributed by atoms with Crippen molar-refractivity contribution in [1.29, 1.82) is 0 Å². The van der Waals surface area contributed by atoms with Gasteiger partial charge in [-0.1, -0.05) is 37.0 Å². The summed E-state index contributed by atoms with van der Waals surface area (Å²) in [5, 5.41) is 0.956. The number of carbonyl (C=O) groups is 1. The number of halogens is 2. The number of nitrogens with two attached hydrogens (primary N) is 1. The number of hydrogen-bond acceptors (Lipinski definition) is 3. The molecule has 0 radical (unpaired) electrons. The Hall–Kier alpha value is -0.970. The van der Waals surface area contributed by atoms with E-state index in [0.29, 0.717) is 22.2 Å². The number of benzene rings is 1. The highest BCUT2D eigenvalue weighted by Gasteiger charge is 2.28. The molecule has 0 saturated heterocycles. The summed E-state index contributed by atoms with van der Waals surface area (Å²) >= 11 is 12.3. The van der Waals surface area contributed by atoms with E-state index >= 15 is 0 Å². The van der Waals surface area contributed by atoms with Gasteiger partial charge in [0.1, 0.15) is 5.75 Å². The molecule has 1 aromatic carbocycles. The molecular formula is C14H20Cl2N2O2. The van der Waals surface area contributed by atoms with E-state index in [0.717, 1.165) is 5.56 Å². The van der Waals surface area contributed by atoms with Crippen molar-refractivity contribution in [2.24, 2.45) is 11.3 Å². The van der Waals surface area contributed by atoms with Gasteiger partial charge < -0.3 is 4.74 Å². The number of ether oxygens (including phenoxy) is 1. The molecule has 0 aliphatic carbocycles. The molecule has 1 amide bonds. The monoisotopic (exact) mass is 318 g/mol. The molecule has 3 N–H and O–H groups in total. The molecule has 1 aromatic rings. The predicted molar refractivity (Wildman–Crippen MR) is 82.0 cm³/mol. The van der Waals surface area contributed by atoms with E-state index in [2.05, 4.69) is 5.43 Å². The summed E-state index contributed by atoms with van der Waals surface area (Å²) in [5.74, 6) is 5.50. The highest BCUT2D eigenvalue weighted by Crippen LogP contribution is 2.35. The topological polar surface area (TPSA) is 64.3 Å². The van der Waals surface area contributed by atoms with E-state index in [1.165, 1.54) is 0 Å². The largest absolute Gasteiger partial charge is 0.489 e. The van der Waals surface area contributed by atoms with Crippen molar-refractivity contribution >= 4 is 29.1 Å². The fourth-order valence-corrected chi connectivity index (χ4v) is 2.30. The maximum atomic E-state index is 11.7. The molecule has 0 bridgehead atoms. The second-order valence-electron chi connectivity index (χ2n) is 5.57. The number of hydrazine groups is 1. The third-order valence-electron chi connectivity index (χ3n) is 2.84. The predicted octanol–water partition coefficient (Wildman–Crippen LogP) is 3.34. The molecule has 0 saturated carbocycles. The van der Waals surface area contributed by atoms with E-state index in [9.17, 15) is 4.79 Å². The van der Waals surface area contributed by atoms with Crippen molar-refractivity contribution in [3.05, 3.63) is 27.7 Å². The Morgan fingerprint density at radius 1 is 1.35 bits per heavy atom. The Bertz CT molecular complexity index is 502. The zero-order chi connectivity index (χ0) is 15.5. The fraction of sp³-hybridized carbons (Fsp3) is 0.500. The second-order valence-corrected chi connectivity index (χ2v) is 6.39. The van der Waals surface area contributed by atoms with Gasteiger partial charge in [-0.3, -0.25) is 10.2 Å². The molecular weight excluding hydrogens is 299 g/mol. The average molecular weight is 319 g/mol. The maximum absolute atomic E-state index is 11.7. The lowest BCUT2D eigenvalue weighted by Gasteiger charge is -2.23. The SMILES string of the molecule is CC(C)Oc1cc(CC(C)(C)C(=O)NN)c(Cl)cc1Cl. The highest BCUT2D eigenvalue weighted by molar-refractivity contribution is 6.36. The Kier molecular flexibility index (Phi) is 5.68. The summed E-state index contributed by atoms with van der Waals surface area (Å²) in [6, 6.07) is 3.41. The quantitative estimate of drug-likeness (QED) is 0.497. The van der Waals surface area contributed by atoms with Gasteiger partial charge in [0.15, 0.2) is 0 Å². The number of amides is 1. The Balaban J connectivity index is 3.09. The fourth-order valence-electron chi connectivity index (χ4n) is 1.80. The molecule has 0 aromatic heterocycles. The lowest BCUT2D eigenvalue weighted by molar-refractivity contribution is -0.129. The standard InChI is InChI=1S/C14H20Cl2N2O2/c1-8(2)20-12-5-9(10(15)6-11(12)16)7-14(3,4)13(19)18-17/h5-6,8H,7,17H2,1-4H3,(H,18,19). The van der Waals surface area contributed by atoms with Crippen LogP contribution < -0.4 is 16.0 Å². The summed E-state index contributed by atoms with van der Waals surface area (Å²) in [6.07, 6.45) is 0.433. The molecule has 0 aliphatic rings. The summed E-state index contributed by atoms with van der Waals surface area (Å²) in [4.78, 5) is 11.7. The molecule has 1 rings (SSSR count). The van der Waals surface area contributed by atoms with Crippen LogP contribution in [0.4, 0.5) is 0 Å². The van der Waals surface area contributed by atoms with Crippen LogP contribution in [0.1, 0.15) is 33.3 Å². The van der Waals surface area contributed by atoms with Crippen LogP contribution in [0.5, 0.6) is 5.75 Å². The van der Waals surface area contributed by atoms with Gasteiger partial charge in [-0.25, -0.2) is 5.84 Å². The van der Waals surface area contributed by atoms with Gasteiger partial charge >= 0.3 is 0 Å². The molecule has 6 heteroatoms. The number of nitrogens with one attached hydrogen (secondary N) is 1. The molecule has 0 aliphatic heterocycles. The van der Waals surface area contributed by atoms with Gasteiger partial charge in [-0.15, -0.1) is 0 Å². The maximum Gasteiger partial charge on any atom is 0.239 e. The zero-order valence-electron chi connectivity index (χ0n) is 12.1. The molecule has 20 heavy (non-hydrogen) atoms. The molecule has 0 unspecified atom stereocenters. The third kappa shape index (κ3) is 4.27. The van der Waals surface area contributed by atoms with E-state index in [-0.39, 0.29) is 12.0 Å². The van der Waals surface area contributed by atoms with Crippen LogP contribution in [-0.2, 0) is 11.2 Å². The zero-order valence-corrected chi connectivity index (χ0v) is 13.6. The van der Waals surface area contributed by atoms with Crippen LogP contribution >= 0.6 is 23.2 Å². The van der Waals surface area contributed by atoms with E-state index in [1.807, 2.05) is 13.8 Å². The summed E-state index contributed by atoms with van der Waals surface area (Å²) in [6.45, 7) is 7.42. The minimum atomic E-state index is -0.679. The smallest absolute Gasteiger partial charge is 0.239 e. The lowest BCUT2D eigenvalue weighted by atomic mass is 9.85. The van der Waals surface area contributed by atoms with Gasteiger partial charge in [0, 0.05) is 10.4 Å². The molecule has 0 fully saturated rings. The lowest BCUT2D eigenvalue weighted by Crippen LogP contribution is -2.42. The van der Waals surface area contributed by atoms with Crippen molar-refractivity contribution in [1.82, 2.24) is 5.43 Å². The van der Waals surface area contributed by atoms with Gasteiger partial charge in [0.2, 0.25) is 5.91 Å². The normalized spacial score (nSPS) is 11.6. The van der Waals surface area contributed by atoms with E-state index in [4.69, 9.17) is 33.8 Å². The molecule has 0 atom stereocenters. The molecule has 4 nitrogen and oxygen atoms in total. The highest BCUT2D eigenvalue weighted by atomic mass is 35.5. The molecule has 0 heterocycles. The van der Waals surface area contributed by atoms with E-state index < -0.39 is 5.41 Å². The first-order valence-corrected chi connectivity index (χ1v) is 7.08. The molecule has 112 valence electrons. The Morgan fingerprint density at radius 2 is 1.95 bits per heavy atom. The van der Waals surface area contributed by atoms with Crippen LogP contribution in [-0.4, -0.2) is 12.0 Å². The van der Waals surface area contributed by atoms with Crippen molar-refractivity contribution < 1.29 is 9.53 Å². The summed E-state index contributed by atoms with van der Waals surface area (Å²) in [5.41, 5.74) is 2.28. The second kappa shape index (κ2) is 6.66. The van der Waals surface area contributed by atoms with Gasteiger partial charge in [-0.05, 0) is 38.0 Å². The van der Waals surface area contributed by atoms with Crippen molar-refractivity contribution in [3.63, 3.8) is 0 Å². The first kappa shape index (κ1) is 17.1. The summed E-state index contributed by atoms with van der Waals surface area (Å²) in [7, 11) is 0. The van der Waals surface area contributed by atoms with Crippen LogP contribution in [0.2, 0.25) is 10.0 Å². The van der Waals surface area contributed by atoms with E-state index in [1.54, 1.807) is 26.0 Å². The minimum Gasteiger partial charge on any atom is -0.489 e. The van der Waals surface area contributed by atoms with Crippen molar-refractivity contribution in [2.75, 3.05) is 0 Å². The van der Waals surface area contributed by atoms with Crippen molar-refractivity contribution in [2.45, 2.75) is 40.2 Å². The van der Waals surface area contributed by atoms with Crippen LogP contribution in [0.3, 0.4) is 0 Å². The molecule has 0 spiro atoms.